The molecule has 0 heterocycles. The maximum absolute atomic E-state index is 11.5. The van der Waals surface area contributed by atoms with Crippen molar-refractivity contribution >= 4 is 25.8 Å². The Kier molecular flexibility index (Phi) is 15.6. The lowest BCUT2D eigenvalue weighted by Crippen LogP contribution is -2.11. The van der Waals surface area contributed by atoms with E-state index in [0.29, 0.717) is 11.1 Å². The van der Waals surface area contributed by atoms with Gasteiger partial charge in [-0.25, -0.2) is 8.42 Å². The molecule has 0 rings (SSSR count). The summed E-state index contributed by atoms with van der Waals surface area (Å²) in [7, 11) is -2.79. The Morgan fingerprint density at radius 1 is 0.619 bits per heavy atom. The van der Waals surface area contributed by atoms with Gasteiger partial charge in [0.25, 0.3) is 0 Å². The molecule has 0 unspecified atom stereocenters. The van der Waals surface area contributed by atoms with E-state index in [1.165, 1.54) is 70.6 Å². The third-order valence-corrected chi connectivity index (χ3v) is 6.61. The summed E-state index contributed by atoms with van der Waals surface area (Å²) in [5.41, 5.74) is 0. The highest BCUT2D eigenvalue weighted by Gasteiger charge is 2.08. The lowest BCUT2D eigenvalue weighted by Gasteiger charge is -2.04. The van der Waals surface area contributed by atoms with Gasteiger partial charge in [0, 0.05) is 5.33 Å². The largest absolute Gasteiger partial charge is 0.229 e. The molecule has 21 heavy (non-hydrogen) atoms. The molecule has 0 aromatic heterocycles. The van der Waals surface area contributed by atoms with E-state index in [0.717, 1.165) is 12.8 Å². The molecule has 0 amide bonds. The predicted octanol–water partition coefficient (Wildman–Crippen LogP) is 5.89. The zero-order chi connectivity index (χ0) is 15.8. The second-order valence-electron chi connectivity index (χ2n) is 6.08. The Morgan fingerprint density at radius 3 is 1.38 bits per heavy atom. The SMILES string of the molecule is CCCCCCCCCCCCCCCS(=O)(=O)CCBr. The van der Waals surface area contributed by atoms with E-state index in [1.54, 1.807) is 0 Å². The van der Waals surface area contributed by atoms with E-state index in [9.17, 15) is 8.42 Å². The van der Waals surface area contributed by atoms with Crippen molar-refractivity contribution in [3.8, 4) is 0 Å². The highest BCUT2D eigenvalue weighted by Crippen LogP contribution is 2.12. The van der Waals surface area contributed by atoms with Crippen molar-refractivity contribution in [2.75, 3.05) is 16.8 Å². The minimum atomic E-state index is -2.79. The molecule has 4 heteroatoms. The number of halogens is 1. The predicted molar refractivity (Wildman–Crippen MR) is 98.1 cm³/mol. The molecule has 0 fully saturated rings. The molecule has 2 nitrogen and oxygen atoms in total. The Morgan fingerprint density at radius 2 is 1.00 bits per heavy atom. The van der Waals surface area contributed by atoms with Gasteiger partial charge in [-0.2, -0.15) is 0 Å². The first-order valence-electron chi connectivity index (χ1n) is 8.89. The molecule has 0 atom stereocenters. The van der Waals surface area contributed by atoms with E-state index in [4.69, 9.17) is 0 Å². The number of alkyl halides is 1. The third kappa shape index (κ3) is 16.6. The van der Waals surface area contributed by atoms with Crippen LogP contribution in [0.3, 0.4) is 0 Å². The van der Waals surface area contributed by atoms with Crippen molar-refractivity contribution in [2.45, 2.75) is 90.4 Å². The monoisotopic (exact) mass is 382 g/mol. The zero-order valence-corrected chi connectivity index (χ0v) is 16.3. The Bertz CT molecular complexity index is 302. The van der Waals surface area contributed by atoms with Gasteiger partial charge in [0.05, 0.1) is 11.5 Å². The van der Waals surface area contributed by atoms with Crippen molar-refractivity contribution in [1.82, 2.24) is 0 Å². The molecule has 0 aromatic rings. The molecule has 128 valence electrons. The lowest BCUT2D eigenvalue weighted by molar-refractivity contribution is 0.541. The van der Waals surface area contributed by atoms with Crippen molar-refractivity contribution in [1.29, 1.82) is 0 Å². The number of hydrogen-bond donors (Lipinski definition) is 0. The lowest BCUT2D eigenvalue weighted by atomic mass is 10.1. The van der Waals surface area contributed by atoms with Gasteiger partial charge < -0.3 is 0 Å². The van der Waals surface area contributed by atoms with Crippen LogP contribution in [0.1, 0.15) is 90.4 Å². The molecular formula is C17H35BrO2S. The summed E-state index contributed by atoms with van der Waals surface area (Å²) in [6.07, 6.45) is 16.8. The van der Waals surface area contributed by atoms with Crippen molar-refractivity contribution < 1.29 is 8.42 Å². The molecule has 0 aromatic carbocycles. The van der Waals surface area contributed by atoms with Gasteiger partial charge in [-0.15, -0.1) is 0 Å². The van der Waals surface area contributed by atoms with Crippen LogP contribution < -0.4 is 0 Å². The number of hydrogen-bond acceptors (Lipinski definition) is 2. The summed E-state index contributed by atoms with van der Waals surface area (Å²) in [6.45, 7) is 2.26. The third-order valence-electron chi connectivity index (χ3n) is 3.95. The second kappa shape index (κ2) is 15.3. The minimum absolute atomic E-state index is 0.283. The highest BCUT2D eigenvalue weighted by atomic mass is 79.9. The standard InChI is InChI=1S/C17H35BrO2S/c1-2-3-4-5-6-7-8-9-10-11-12-13-14-16-21(19,20)17-15-18/h2-17H2,1H3. The first kappa shape index (κ1) is 21.4. The molecule has 0 saturated heterocycles. The molecule has 0 bridgehead atoms. The highest BCUT2D eigenvalue weighted by molar-refractivity contribution is 9.09. The summed E-state index contributed by atoms with van der Waals surface area (Å²) in [6, 6.07) is 0. The van der Waals surface area contributed by atoms with Crippen LogP contribution >= 0.6 is 15.9 Å². The fourth-order valence-electron chi connectivity index (χ4n) is 2.56. The van der Waals surface area contributed by atoms with Crippen molar-refractivity contribution in [3.05, 3.63) is 0 Å². The van der Waals surface area contributed by atoms with Crippen LogP contribution in [0.15, 0.2) is 0 Å². The van der Waals surface area contributed by atoms with Gasteiger partial charge in [0.1, 0.15) is 0 Å². The molecule has 0 N–H and O–H groups in total. The van der Waals surface area contributed by atoms with Crippen LogP contribution in [-0.2, 0) is 9.84 Å². The summed E-state index contributed by atoms with van der Waals surface area (Å²) >= 11 is 3.19. The summed E-state index contributed by atoms with van der Waals surface area (Å²) in [5, 5.41) is 0.563. The molecule has 0 aliphatic carbocycles. The summed E-state index contributed by atoms with van der Waals surface area (Å²) in [4.78, 5) is 0. The van der Waals surface area contributed by atoms with Crippen molar-refractivity contribution in [2.24, 2.45) is 0 Å². The average Bonchev–Trinajstić information content (AvgIpc) is 2.44. The summed E-state index contributed by atoms with van der Waals surface area (Å²) < 4.78 is 23.0. The van der Waals surface area contributed by atoms with Gasteiger partial charge in [0.15, 0.2) is 9.84 Å². The smallest absolute Gasteiger partial charge is 0.151 e. The maximum Gasteiger partial charge on any atom is 0.151 e. The molecule has 0 aliphatic rings. The Hall–Kier alpha value is 0.430. The zero-order valence-electron chi connectivity index (χ0n) is 13.9. The summed E-state index contributed by atoms with van der Waals surface area (Å²) in [5.74, 6) is 0.654. The van der Waals surface area contributed by atoms with Crippen LogP contribution in [0.4, 0.5) is 0 Å². The van der Waals surface area contributed by atoms with Crippen LogP contribution in [0.2, 0.25) is 0 Å². The average molecular weight is 383 g/mol. The fourth-order valence-corrected chi connectivity index (χ4v) is 5.12. The fraction of sp³-hybridized carbons (Fsp3) is 1.00. The van der Waals surface area contributed by atoms with Gasteiger partial charge in [-0.1, -0.05) is 99.9 Å². The Balaban J connectivity index is 3.16. The van der Waals surface area contributed by atoms with Crippen LogP contribution in [0, 0.1) is 0 Å². The first-order valence-corrected chi connectivity index (χ1v) is 11.8. The number of rotatable bonds is 16. The van der Waals surface area contributed by atoms with E-state index in [1.807, 2.05) is 0 Å². The first-order chi connectivity index (χ1) is 10.1. The molecular weight excluding hydrogens is 348 g/mol. The quantitative estimate of drug-likeness (QED) is 0.246. The van der Waals surface area contributed by atoms with Crippen molar-refractivity contribution in [3.63, 3.8) is 0 Å². The molecule has 0 spiro atoms. The Labute approximate surface area is 141 Å². The van der Waals surface area contributed by atoms with E-state index >= 15 is 0 Å². The molecule has 0 radical (unpaired) electrons. The molecule has 0 saturated carbocycles. The van der Waals surface area contributed by atoms with Gasteiger partial charge >= 0.3 is 0 Å². The van der Waals surface area contributed by atoms with E-state index in [2.05, 4.69) is 22.9 Å². The normalized spacial score (nSPS) is 11.9. The van der Waals surface area contributed by atoms with E-state index < -0.39 is 9.84 Å². The minimum Gasteiger partial charge on any atom is -0.229 e. The second-order valence-corrected chi connectivity index (χ2v) is 9.18. The van der Waals surface area contributed by atoms with Crippen LogP contribution in [0.5, 0.6) is 0 Å². The molecule has 0 aliphatic heterocycles. The van der Waals surface area contributed by atoms with Gasteiger partial charge in [0.2, 0.25) is 0 Å². The maximum atomic E-state index is 11.5. The van der Waals surface area contributed by atoms with Crippen LogP contribution in [-0.4, -0.2) is 25.3 Å². The number of sulfone groups is 1. The van der Waals surface area contributed by atoms with E-state index in [-0.39, 0.29) is 5.75 Å². The number of unbranched alkanes of at least 4 members (excludes halogenated alkanes) is 12. The van der Waals surface area contributed by atoms with Gasteiger partial charge in [-0.05, 0) is 6.42 Å². The van der Waals surface area contributed by atoms with Gasteiger partial charge in [-0.3, -0.25) is 0 Å². The topological polar surface area (TPSA) is 34.1 Å². The van der Waals surface area contributed by atoms with Crippen LogP contribution in [0.25, 0.3) is 0 Å².